The molecule has 0 fully saturated rings. The van der Waals surface area contributed by atoms with Gasteiger partial charge in [-0.05, 0) is 18.5 Å². The third kappa shape index (κ3) is 2.46. The molecule has 0 aromatic carbocycles. The first kappa shape index (κ1) is 11.3. The molecule has 2 N–H and O–H groups in total. The molecule has 0 unspecified atom stereocenters. The van der Waals surface area contributed by atoms with Gasteiger partial charge in [0.25, 0.3) is 5.56 Å². The molecule has 0 aliphatic heterocycles. The molecule has 6 heteroatoms. The van der Waals surface area contributed by atoms with E-state index in [1.807, 2.05) is 18.5 Å². The van der Waals surface area contributed by atoms with Crippen molar-refractivity contribution in [3.05, 3.63) is 27.6 Å². The van der Waals surface area contributed by atoms with E-state index in [0.717, 1.165) is 12.1 Å². The Balaban J connectivity index is 2.10. The van der Waals surface area contributed by atoms with E-state index < -0.39 is 0 Å². The fraction of sp³-hybridized carbons (Fsp3) is 0.400. The monoisotopic (exact) mass is 239 g/mol. The third-order valence-corrected chi connectivity index (χ3v) is 3.00. The first-order chi connectivity index (χ1) is 7.81. The van der Waals surface area contributed by atoms with Crippen molar-refractivity contribution in [2.24, 2.45) is 0 Å². The van der Waals surface area contributed by atoms with Crippen molar-refractivity contribution in [2.75, 3.05) is 20.2 Å². The molecule has 0 aliphatic carbocycles. The van der Waals surface area contributed by atoms with Crippen LogP contribution in [-0.4, -0.2) is 30.2 Å². The van der Waals surface area contributed by atoms with Gasteiger partial charge in [-0.3, -0.25) is 4.79 Å². The zero-order valence-corrected chi connectivity index (χ0v) is 9.76. The number of fused-ring (bicyclic) bond motifs is 1. The quantitative estimate of drug-likeness (QED) is 0.754. The highest BCUT2D eigenvalue weighted by Gasteiger charge is 2.04. The number of nitrogens with zero attached hydrogens (tertiary/aromatic N) is 1. The van der Waals surface area contributed by atoms with Gasteiger partial charge in [-0.2, -0.15) is 0 Å². The average Bonchev–Trinajstić information content (AvgIpc) is 2.73. The lowest BCUT2D eigenvalue weighted by molar-refractivity contribution is 0.118. The van der Waals surface area contributed by atoms with Crippen LogP contribution in [0, 0.1) is 0 Å². The number of ether oxygens (including phenoxy) is 1. The van der Waals surface area contributed by atoms with Gasteiger partial charge in [-0.25, -0.2) is 4.98 Å². The summed E-state index contributed by atoms with van der Waals surface area (Å²) < 4.78 is 6.01. The van der Waals surface area contributed by atoms with Crippen molar-refractivity contribution < 1.29 is 4.74 Å². The predicted molar refractivity (Wildman–Crippen MR) is 63.8 cm³/mol. The Morgan fingerprint density at radius 1 is 1.62 bits per heavy atom. The predicted octanol–water partition coefficient (Wildman–Crippen LogP) is 0.721. The minimum absolute atomic E-state index is 0.0905. The number of thiophene rings is 1. The average molecular weight is 239 g/mol. The Hall–Kier alpha value is -1.24. The fourth-order valence-corrected chi connectivity index (χ4v) is 2.06. The molecule has 0 aliphatic rings. The number of rotatable bonds is 5. The standard InChI is InChI=1S/C10H13N3O2S/c1-11-3-4-15-6-8-12-7-2-5-16-9(7)10(14)13-8/h2,5,11H,3-4,6H2,1H3,(H,12,13,14). The SMILES string of the molecule is CNCCOCc1nc2ccsc2c(=O)[nH]1. The van der Waals surface area contributed by atoms with Gasteiger partial charge in [0, 0.05) is 6.54 Å². The Morgan fingerprint density at radius 3 is 3.31 bits per heavy atom. The van der Waals surface area contributed by atoms with Crippen LogP contribution in [0.15, 0.2) is 16.2 Å². The van der Waals surface area contributed by atoms with Crippen LogP contribution in [0.3, 0.4) is 0 Å². The summed E-state index contributed by atoms with van der Waals surface area (Å²) in [6, 6.07) is 1.84. The van der Waals surface area contributed by atoms with Gasteiger partial charge in [0.15, 0.2) is 0 Å². The summed E-state index contributed by atoms with van der Waals surface area (Å²) in [5, 5.41) is 4.83. The summed E-state index contributed by atoms with van der Waals surface area (Å²) in [6.07, 6.45) is 0. The van der Waals surface area contributed by atoms with E-state index in [0.29, 0.717) is 23.7 Å². The number of nitrogens with one attached hydrogen (secondary N) is 2. The minimum atomic E-state index is -0.0905. The van der Waals surface area contributed by atoms with Crippen molar-refractivity contribution in [3.63, 3.8) is 0 Å². The van der Waals surface area contributed by atoms with Crippen LogP contribution in [0.4, 0.5) is 0 Å². The second-order valence-corrected chi connectivity index (χ2v) is 4.22. The molecule has 2 aromatic heterocycles. The molecule has 0 spiro atoms. The number of hydrogen-bond donors (Lipinski definition) is 2. The van der Waals surface area contributed by atoms with Crippen LogP contribution in [0.2, 0.25) is 0 Å². The molecular formula is C10H13N3O2S. The number of H-pyrrole nitrogens is 1. The molecule has 16 heavy (non-hydrogen) atoms. The number of likely N-dealkylation sites (N-methyl/N-ethyl adjacent to an activating group) is 1. The van der Waals surface area contributed by atoms with Crippen LogP contribution in [-0.2, 0) is 11.3 Å². The van der Waals surface area contributed by atoms with E-state index in [9.17, 15) is 4.79 Å². The van der Waals surface area contributed by atoms with Crippen molar-refractivity contribution >= 4 is 21.6 Å². The van der Waals surface area contributed by atoms with Gasteiger partial charge in [-0.15, -0.1) is 11.3 Å². The normalized spacial score (nSPS) is 11.1. The summed E-state index contributed by atoms with van der Waals surface area (Å²) in [7, 11) is 1.86. The second-order valence-electron chi connectivity index (χ2n) is 3.30. The fourth-order valence-electron chi connectivity index (χ4n) is 1.33. The molecule has 0 radical (unpaired) electrons. The van der Waals surface area contributed by atoms with Crippen LogP contribution >= 0.6 is 11.3 Å². The Morgan fingerprint density at radius 2 is 2.50 bits per heavy atom. The number of hydrogen-bond acceptors (Lipinski definition) is 5. The summed E-state index contributed by atoms with van der Waals surface area (Å²) in [4.78, 5) is 18.6. The van der Waals surface area contributed by atoms with Gasteiger partial charge in [-0.1, -0.05) is 0 Å². The van der Waals surface area contributed by atoms with Gasteiger partial charge in [0.2, 0.25) is 0 Å². The highest BCUT2D eigenvalue weighted by Crippen LogP contribution is 2.13. The lowest BCUT2D eigenvalue weighted by Crippen LogP contribution is -2.16. The maximum absolute atomic E-state index is 11.6. The van der Waals surface area contributed by atoms with Crippen LogP contribution in [0.25, 0.3) is 10.2 Å². The van der Waals surface area contributed by atoms with E-state index in [1.54, 1.807) is 0 Å². The van der Waals surface area contributed by atoms with E-state index in [4.69, 9.17) is 4.74 Å². The molecule has 2 rings (SSSR count). The molecule has 86 valence electrons. The molecule has 0 amide bonds. The largest absolute Gasteiger partial charge is 0.372 e. The third-order valence-electron chi connectivity index (χ3n) is 2.10. The highest BCUT2D eigenvalue weighted by molar-refractivity contribution is 7.17. The van der Waals surface area contributed by atoms with E-state index >= 15 is 0 Å². The topological polar surface area (TPSA) is 67.0 Å². The highest BCUT2D eigenvalue weighted by atomic mass is 32.1. The zero-order chi connectivity index (χ0) is 11.4. The Kier molecular flexibility index (Phi) is 3.66. The molecule has 5 nitrogen and oxygen atoms in total. The van der Waals surface area contributed by atoms with Crippen molar-refractivity contribution in [1.29, 1.82) is 0 Å². The maximum atomic E-state index is 11.6. The minimum Gasteiger partial charge on any atom is -0.372 e. The molecule has 0 bridgehead atoms. The molecule has 0 atom stereocenters. The molecule has 0 saturated heterocycles. The van der Waals surface area contributed by atoms with Crippen LogP contribution < -0.4 is 10.9 Å². The van der Waals surface area contributed by atoms with Crippen molar-refractivity contribution in [1.82, 2.24) is 15.3 Å². The summed E-state index contributed by atoms with van der Waals surface area (Å²) in [6.45, 7) is 1.72. The second kappa shape index (κ2) is 5.20. The maximum Gasteiger partial charge on any atom is 0.268 e. The summed E-state index contributed by atoms with van der Waals surface area (Å²) in [5.74, 6) is 0.576. The van der Waals surface area contributed by atoms with E-state index in [1.165, 1.54) is 11.3 Å². The zero-order valence-electron chi connectivity index (χ0n) is 8.95. The smallest absolute Gasteiger partial charge is 0.268 e. The first-order valence-corrected chi connectivity index (χ1v) is 5.88. The molecular weight excluding hydrogens is 226 g/mol. The number of aromatic amines is 1. The summed E-state index contributed by atoms with van der Waals surface area (Å²) in [5.41, 5.74) is 0.646. The van der Waals surface area contributed by atoms with Crippen molar-refractivity contribution in [3.8, 4) is 0 Å². The van der Waals surface area contributed by atoms with Crippen LogP contribution in [0.1, 0.15) is 5.82 Å². The molecule has 2 heterocycles. The van der Waals surface area contributed by atoms with Crippen molar-refractivity contribution in [2.45, 2.75) is 6.61 Å². The lowest BCUT2D eigenvalue weighted by Gasteiger charge is -2.03. The number of aromatic nitrogens is 2. The van der Waals surface area contributed by atoms with Gasteiger partial charge in [0.05, 0.1) is 12.1 Å². The molecule has 2 aromatic rings. The Bertz CT molecular complexity index is 520. The Labute approximate surface area is 96.5 Å². The van der Waals surface area contributed by atoms with Gasteiger partial charge < -0.3 is 15.0 Å². The van der Waals surface area contributed by atoms with Gasteiger partial charge in [0.1, 0.15) is 17.1 Å². The van der Waals surface area contributed by atoms with E-state index in [-0.39, 0.29) is 5.56 Å². The van der Waals surface area contributed by atoms with Crippen LogP contribution in [0.5, 0.6) is 0 Å². The molecule has 0 saturated carbocycles. The van der Waals surface area contributed by atoms with E-state index in [2.05, 4.69) is 15.3 Å². The summed E-state index contributed by atoms with van der Waals surface area (Å²) >= 11 is 1.40. The first-order valence-electron chi connectivity index (χ1n) is 5.00. The van der Waals surface area contributed by atoms with Gasteiger partial charge >= 0.3 is 0 Å². The lowest BCUT2D eigenvalue weighted by atomic mass is 10.4.